The molecule has 0 aliphatic rings. The van der Waals surface area contributed by atoms with Gasteiger partial charge < -0.3 is 16.0 Å². The second kappa shape index (κ2) is 12.1. The van der Waals surface area contributed by atoms with Crippen LogP contribution in [0.1, 0.15) is 23.1 Å². The minimum Gasteiger partial charge on any atom is -0.385 e. The number of hydrogen-bond acceptors (Lipinski definition) is 3. The van der Waals surface area contributed by atoms with Crippen molar-refractivity contribution in [3.63, 3.8) is 0 Å². The highest BCUT2D eigenvalue weighted by Gasteiger charge is 2.07. The number of halogens is 1. The number of benzene rings is 1. The lowest BCUT2D eigenvalue weighted by atomic mass is 10.2. The van der Waals surface area contributed by atoms with Crippen molar-refractivity contribution in [3.05, 3.63) is 52.2 Å². The van der Waals surface area contributed by atoms with Crippen molar-refractivity contribution < 1.29 is 0 Å². The molecule has 1 aromatic heterocycles. The van der Waals surface area contributed by atoms with Crippen LogP contribution in [-0.2, 0) is 6.42 Å². The highest BCUT2D eigenvalue weighted by atomic mass is 127. The van der Waals surface area contributed by atoms with Gasteiger partial charge in [0, 0.05) is 48.0 Å². The zero-order valence-electron chi connectivity index (χ0n) is 15.2. The average Bonchev–Trinajstić information content (AvgIpc) is 2.99. The van der Waals surface area contributed by atoms with E-state index in [9.17, 15) is 0 Å². The predicted molar refractivity (Wildman–Crippen MR) is 122 cm³/mol. The standard InChI is InChI=1S/C19H28N4S.HI/c1-15(14-18-11-10-16(2)24-18)23-19(20-3)22-13-7-12-21-17-8-5-4-6-9-17;/h4-6,8-11,15,21H,7,12-14H2,1-3H3,(H2,20,22,23);1H. The van der Waals surface area contributed by atoms with Gasteiger partial charge in [0.1, 0.15) is 0 Å². The Morgan fingerprint density at radius 2 is 1.88 bits per heavy atom. The Labute approximate surface area is 172 Å². The fourth-order valence-electron chi connectivity index (χ4n) is 2.46. The average molecular weight is 472 g/mol. The molecule has 0 amide bonds. The second-order valence-corrected chi connectivity index (χ2v) is 7.28. The second-order valence-electron chi connectivity index (χ2n) is 5.91. The maximum Gasteiger partial charge on any atom is 0.191 e. The van der Waals surface area contributed by atoms with E-state index >= 15 is 0 Å². The summed E-state index contributed by atoms with van der Waals surface area (Å²) in [6.45, 7) is 6.18. The van der Waals surface area contributed by atoms with Crippen molar-refractivity contribution in [1.29, 1.82) is 0 Å². The highest BCUT2D eigenvalue weighted by molar-refractivity contribution is 14.0. The number of para-hydroxylation sites is 1. The number of nitrogens with one attached hydrogen (secondary N) is 3. The number of rotatable bonds is 8. The molecule has 138 valence electrons. The zero-order chi connectivity index (χ0) is 17.2. The van der Waals surface area contributed by atoms with Gasteiger partial charge in [-0.2, -0.15) is 0 Å². The van der Waals surface area contributed by atoms with Crippen LogP contribution in [-0.4, -0.2) is 32.1 Å². The summed E-state index contributed by atoms with van der Waals surface area (Å²) >= 11 is 1.86. The van der Waals surface area contributed by atoms with E-state index in [4.69, 9.17) is 0 Å². The molecule has 0 aliphatic heterocycles. The summed E-state index contributed by atoms with van der Waals surface area (Å²) in [4.78, 5) is 7.09. The van der Waals surface area contributed by atoms with Crippen LogP contribution in [0.4, 0.5) is 5.69 Å². The number of aryl methyl sites for hydroxylation is 1. The first-order valence-electron chi connectivity index (χ1n) is 8.49. The largest absolute Gasteiger partial charge is 0.385 e. The van der Waals surface area contributed by atoms with Gasteiger partial charge >= 0.3 is 0 Å². The van der Waals surface area contributed by atoms with E-state index in [-0.39, 0.29) is 24.0 Å². The van der Waals surface area contributed by atoms with Crippen molar-refractivity contribution in [2.24, 2.45) is 4.99 Å². The minimum absolute atomic E-state index is 0. The van der Waals surface area contributed by atoms with Gasteiger partial charge in [-0.1, -0.05) is 18.2 Å². The van der Waals surface area contributed by atoms with E-state index in [0.717, 1.165) is 31.9 Å². The molecule has 3 N–H and O–H groups in total. The molecule has 0 saturated carbocycles. The van der Waals surface area contributed by atoms with Crippen molar-refractivity contribution >= 4 is 47.0 Å². The van der Waals surface area contributed by atoms with Gasteiger partial charge in [-0.25, -0.2) is 0 Å². The van der Waals surface area contributed by atoms with E-state index in [1.54, 1.807) is 0 Å². The molecule has 0 saturated heterocycles. The predicted octanol–water partition coefficient (Wildman–Crippen LogP) is 4.27. The summed E-state index contributed by atoms with van der Waals surface area (Å²) in [7, 11) is 1.82. The number of aliphatic imine (C=N–C) groups is 1. The molecule has 0 radical (unpaired) electrons. The first kappa shape index (κ1) is 21.8. The topological polar surface area (TPSA) is 48.5 Å². The van der Waals surface area contributed by atoms with Gasteiger partial charge in [0.05, 0.1) is 0 Å². The van der Waals surface area contributed by atoms with E-state index in [1.807, 2.05) is 36.6 Å². The third-order valence-corrected chi connectivity index (χ3v) is 4.68. The fourth-order valence-corrected chi connectivity index (χ4v) is 3.48. The minimum atomic E-state index is 0. The lowest BCUT2D eigenvalue weighted by molar-refractivity contribution is 0.642. The lowest BCUT2D eigenvalue weighted by Gasteiger charge is -2.17. The molecule has 25 heavy (non-hydrogen) atoms. The number of anilines is 1. The molecule has 0 aliphatic carbocycles. The van der Waals surface area contributed by atoms with E-state index < -0.39 is 0 Å². The molecule has 1 heterocycles. The molecule has 1 atom stereocenters. The van der Waals surface area contributed by atoms with E-state index in [1.165, 1.54) is 15.4 Å². The Hall–Kier alpha value is -1.28. The molecule has 2 aromatic rings. The summed E-state index contributed by atoms with van der Waals surface area (Å²) in [5.41, 5.74) is 1.17. The summed E-state index contributed by atoms with van der Waals surface area (Å²) in [5.74, 6) is 0.871. The summed E-state index contributed by atoms with van der Waals surface area (Å²) < 4.78 is 0. The first-order valence-corrected chi connectivity index (χ1v) is 9.30. The Morgan fingerprint density at radius 1 is 1.12 bits per heavy atom. The van der Waals surface area contributed by atoms with Gasteiger partial charge in [-0.3, -0.25) is 4.99 Å². The molecule has 1 aromatic carbocycles. The monoisotopic (exact) mass is 472 g/mol. The van der Waals surface area contributed by atoms with Crippen molar-refractivity contribution in [3.8, 4) is 0 Å². The van der Waals surface area contributed by atoms with Crippen LogP contribution in [0.3, 0.4) is 0 Å². The van der Waals surface area contributed by atoms with Crippen molar-refractivity contribution in [2.75, 3.05) is 25.5 Å². The maximum absolute atomic E-state index is 4.31. The molecule has 0 fully saturated rings. The van der Waals surface area contributed by atoms with Crippen LogP contribution in [0.25, 0.3) is 0 Å². The van der Waals surface area contributed by atoms with Gasteiger partial charge in [0.2, 0.25) is 0 Å². The van der Waals surface area contributed by atoms with Gasteiger partial charge in [0.25, 0.3) is 0 Å². The van der Waals surface area contributed by atoms with Crippen LogP contribution < -0.4 is 16.0 Å². The fraction of sp³-hybridized carbons (Fsp3) is 0.421. The molecule has 0 spiro atoms. The maximum atomic E-state index is 4.31. The zero-order valence-corrected chi connectivity index (χ0v) is 18.4. The summed E-state index contributed by atoms with van der Waals surface area (Å²) in [6.07, 6.45) is 2.06. The third kappa shape index (κ3) is 8.58. The summed E-state index contributed by atoms with van der Waals surface area (Å²) in [5, 5.41) is 10.3. The normalized spacial score (nSPS) is 12.2. The number of nitrogens with zero attached hydrogens (tertiary/aromatic N) is 1. The number of hydrogen-bond donors (Lipinski definition) is 3. The molecule has 6 heteroatoms. The molecular formula is C19H29IN4S. The molecule has 1 unspecified atom stereocenters. The number of guanidine groups is 1. The molecule has 4 nitrogen and oxygen atoms in total. The molecular weight excluding hydrogens is 443 g/mol. The van der Waals surface area contributed by atoms with Crippen LogP contribution in [0.5, 0.6) is 0 Å². The van der Waals surface area contributed by atoms with E-state index in [0.29, 0.717) is 6.04 Å². The van der Waals surface area contributed by atoms with Gasteiger partial charge in [-0.05, 0) is 44.5 Å². The Kier molecular flexibility index (Phi) is 10.6. The Bertz CT molecular complexity index is 627. The van der Waals surface area contributed by atoms with E-state index in [2.05, 4.69) is 59.1 Å². The van der Waals surface area contributed by atoms with Crippen LogP contribution in [0.2, 0.25) is 0 Å². The smallest absolute Gasteiger partial charge is 0.191 e. The molecule has 0 bridgehead atoms. The number of thiophene rings is 1. The van der Waals surface area contributed by atoms with Crippen LogP contribution in [0.15, 0.2) is 47.5 Å². The molecule has 2 rings (SSSR count). The Morgan fingerprint density at radius 3 is 2.52 bits per heavy atom. The van der Waals surface area contributed by atoms with Crippen molar-refractivity contribution in [2.45, 2.75) is 32.7 Å². The SMILES string of the molecule is CN=C(NCCCNc1ccccc1)NC(C)Cc1ccc(C)s1.I. The quantitative estimate of drug-likeness (QED) is 0.233. The third-order valence-electron chi connectivity index (χ3n) is 3.66. The van der Waals surface area contributed by atoms with Crippen LogP contribution >= 0.6 is 35.3 Å². The highest BCUT2D eigenvalue weighted by Crippen LogP contribution is 2.16. The van der Waals surface area contributed by atoms with Crippen molar-refractivity contribution in [1.82, 2.24) is 10.6 Å². The summed E-state index contributed by atoms with van der Waals surface area (Å²) in [6, 6.07) is 15.0. The van der Waals surface area contributed by atoms with Gasteiger partial charge in [-0.15, -0.1) is 35.3 Å². The lowest BCUT2D eigenvalue weighted by Crippen LogP contribution is -2.43. The van der Waals surface area contributed by atoms with Gasteiger partial charge in [0.15, 0.2) is 5.96 Å². The Balaban J connectivity index is 0.00000312. The van der Waals surface area contributed by atoms with Crippen LogP contribution in [0, 0.1) is 6.92 Å². The first-order chi connectivity index (χ1) is 11.7.